The minimum Gasteiger partial charge on any atom is -0.469 e. The lowest BCUT2D eigenvalue weighted by molar-refractivity contribution is -0.161. The van der Waals surface area contributed by atoms with Crippen LogP contribution in [-0.2, 0) is 23.9 Å². The number of nitrogens with zero attached hydrogens (tertiary/aromatic N) is 3. The molecule has 0 aliphatic carbocycles. The Morgan fingerprint density at radius 2 is 1.36 bits per heavy atom. The van der Waals surface area contributed by atoms with E-state index in [1.807, 2.05) is 70.6 Å². The van der Waals surface area contributed by atoms with Crippen LogP contribution in [-0.4, -0.2) is 72.2 Å². The molecule has 8 nitrogen and oxygen atoms in total. The smallest absolute Gasteiger partial charge is 0.331 e. The standard InChI is InChI=1S/C28H31N3O5/c1-5-17-29(18-6-2)25-23(20-15-11-8-12-16-20)30-22(19-13-9-7-10-14-19)21(27(33)35-3)24(28(34)36-4)31(30)26(25)32/h5-16,21-25H,1-2,17-18H2,3-4H3/t21-,22+,23-,24+,25-/m1/s1. The predicted molar refractivity (Wildman–Crippen MR) is 134 cm³/mol. The van der Waals surface area contributed by atoms with E-state index in [1.165, 1.54) is 19.2 Å². The third-order valence-electron chi connectivity index (χ3n) is 6.86. The number of hydrogen-bond donors (Lipinski definition) is 0. The van der Waals surface area contributed by atoms with Gasteiger partial charge in [0.1, 0.15) is 12.0 Å². The number of fused-ring (bicyclic) bond motifs is 1. The Labute approximate surface area is 211 Å². The largest absolute Gasteiger partial charge is 0.469 e. The average Bonchev–Trinajstić information content (AvgIpc) is 3.41. The normalized spacial score (nSPS) is 25.5. The van der Waals surface area contributed by atoms with Gasteiger partial charge in [0.25, 0.3) is 5.91 Å². The molecule has 5 atom stereocenters. The maximum Gasteiger partial charge on any atom is 0.331 e. The van der Waals surface area contributed by atoms with E-state index in [1.54, 1.807) is 12.2 Å². The molecule has 36 heavy (non-hydrogen) atoms. The van der Waals surface area contributed by atoms with Crippen LogP contribution < -0.4 is 0 Å². The van der Waals surface area contributed by atoms with Crippen molar-refractivity contribution in [1.29, 1.82) is 0 Å². The van der Waals surface area contributed by atoms with Crippen molar-refractivity contribution in [2.24, 2.45) is 5.92 Å². The number of carbonyl (C=O) groups excluding carboxylic acids is 3. The monoisotopic (exact) mass is 489 g/mol. The lowest BCUT2D eigenvalue weighted by Crippen LogP contribution is -2.50. The fourth-order valence-corrected chi connectivity index (χ4v) is 5.49. The first kappa shape index (κ1) is 25.3. The highest BCUT2D eigenvalue weighted by molar-refractivity contribution is 5.94. The topological polar surface area (TPSA) is 79.4 Å². The van der Waals surface area contributed by atoms with E-state index in [0.29, 0.717) is 13.1 Å². The van der Waals surface area contributed by atoms with Crippen molar-refractivity contribution in [1.82, 2.24) is 14.9 Å². The highest BCUT2D eigenvalue weighted by Crippen LogP contribution is 2.52. The summed E-state index contributed by atoms with van der Waals surface area (Å²) in [4.78, 5) is 42.6. The molecule has 2 fully saturated rings. The molecule has 0 saturated carbocycles. The fourth-order valence-electron chi connectivity index (χ4n) is 5.49. The predicted octanol–water partition coefficient (Wildman–Crippen LogP) is 2.92. The van der Waals surface area contributed by atoms with Gasteiger partial charge < -0.3 is 9.47 Å². The van der Waals surface area contributed by atoms with E-state index in [-0.39, 0.29) is 5.91 Å². The minimum absolute atomic E-state index is 0.296. The molecule has 0 aromatic heterocycles. The van der Waals surface area contributed by atoms with Crippen molar-refractivity contribution in [3.63, 3.8) is 0 Å². The molecule has 0 unspecified atom stereocenters. The average molecular weight is 490 g/mol. The van der Waals surface area contributed by atoms with E-state index in [0.717, 1.165) is 11.1 Å². The molecule has 0 spiro atoms. The molecular weight excluding hydrogens is 458 g/mol. The maximum atomic E-state index is 14.2. The number of hydrogen-bond acceptors (Lipinski definition) is 7. The SMILES string of the molecule is C=CCN(CC=C)[C@H]1C(=O)N2[C@H](C(=O)OC)[C@H](C(=O)OC)[C@H](c3ccccc3)N2[C@@H]1c1ccccc1. The lowest BCUT2D eigenvalue weighted by Gasteiger charge is -2.35. The summed E-state index contributed by atoms with van der Waals surface area (Å²) < 4.78 is 10.3. The van der Waals surface area contributed by atoms with Gasteiger partial charge in [0, 0.05) is 13.1 Å². The van der Waals surface area contributed by atoms with E-state index < -0.39 is 42.0 Å². The first-order valence-electron chi connectivity index (χ1n) is 11.8. The summed E-state index contributed by atoms with van der Waals surface area (Å²) >= 11 is 0. The summed E-state index contributed by atoms with van der Waals surface area (Å²) in [5.41, 5.74) is 1.67. The highest BCUT2D eigenvalue weighted by Gasteiger charge is 2.66. The Morgan fingerprint density at radius 3 is 1.83 bits per heavy atom. The quantitative estimate of drug-likeness (QED) is 0.396. The number of ether oxygens (including phenoxy) is 2. The molecule has 2 saturated heterocycles. The van der Waals surface area contributed by atoms with Gasteiger partial charge in [0.15, 0.2) is 6.04 Å². The van der Waals surface area contributed by atoms with Crippen LogP contribution in [0, 0.1) is 5.92 Å². The molecule has 8 heteroatoms. The van der Waals surface area contributed by atoms with Crippen LogP contribution in [0.5, 0.6) is 0 Å². The summed E-state index contributed by atoms with van der Waals surface area (Å²) in [5.74, 6) is -2.53. The van der Waals surface area contributed by atoms with Gasteiger partial charge in [-0.05, 0) is 11.1 Å². The van der Waals surface area contributed by atoms with Gasteiger partial charge in [-0.25, -0.2) is 4.79 Å². The summed E-state index contributed by atoms with van der Waals surface area (Å²) in [6, 6.07) is 16.1. The van der Waals surface area contributed by atoms with Crippen LogP contribution in [0.4, 0.5) is 0 Å². The second-order valence-electron chi connectivity index (χ2n) is 8.77. The van der Waals surface area contributed by atoms with Crippen LogP contribution in [0.15, 0.2) is 86.0 Å². The molecule has 2 aliphatic rings. The molecule has 2 aliphatic heterocycles. The second-order valence-corrected chi connectivity index (χ2v) is 8.77. The Kier molecular flexibility index (Phi) is 7.67. The van der Waals surface area contributed by atoms with Gasteiger partial charge in [-0.1, -0.05) is 72.8 Å². The molecule has 0 bridgehead atoms. The maximum absolute atomic E-state index is 14.2. The van der Waals surface area contributed by atoms with Crippen molar-refractivity contribution in [2.45, 2.75) is 24.2 Å². The molecular formula is C28H31N3O5. The highest BCUT2D eigenvalue weighted by atomic mass is 16.5. The molecule has 0 N–H and O–H groups in total. The molecule has 188 valence electrons. The van der Waals surface area contributed by atoms with Crippen molar-refractivity contribution in [3.05, 3.63) is 97.1 Å². The van der Waals surface area contributed by atoms with Crippen LogP contribution in [0.1, 0.15) is 23.2 Å². The molecule has 4 rings (SSSR count). The van der Waals surface area contributed by atoms with Crippen molar-refractivity contribution < 1.29 is 23.9 Å². The Balaban J connectivity index is 1.98. The number of hydrazine groups is 1. The zero-order valence-electron chi connectivity index (χ0n) is 20.5. The molecule has 2 aromatic carbocycles. The summed E-state index contributed by atoms with van der Waals surface area (Å²) in [6.45, 7) is 8.60. The van der Waals surface area contributed by atoms with E-state index >= 15 is 0 Å². The second kappa shape index (κ2) is 10.9. The Hall–Kier alpha value is -3.75. The zero-order valence-corrected chi connectivity index (χ0v) is 20.5. The van der Waals surface area contributed by atoms with E-state index in [4.69, 9.17) is 9.47 Å². The van der Waals surface area contributed by atoms with Crippen molar-refractivity contribution >= 4 is 17.8 Å². The summed E-state index contributed by atoms with van der Waals surface area (Å²) in [6.07, 6.45) is 3.47. The summed E-state index contributed by atoms with van der Waals surface area (Å²) in [7, 11) is 2.54. The summed E-state index contributed by atoms with van der Waals surface area (Å²) in [5, 5.41) is 3.30. The van der Waals surface area contributed by atoms with Crippen LogP contribution in [0.2, 0.25) is 0 Å². The van der Waals surface area contributed by atoms with Gasteiger partial charge >= 0.3 is 11.9 Å². The molecule has 1 amide bonds. The fraction of sp³-hybridized carbons (Fsp3) is 0.321. The van der Waals surface area contributed by atoms with Crippen LogP contribution >= 0.6 is 0 Å². The van der Waals surface area contributed by atoms with E-state index in [2.05, 4.69) is 13.2 Å². The van der Waals surface area contributed by atoms with Gasteiger partial charge in [-0.2, -0.15) is 5.01 Å². The number of esters is 2. The van der Waals surface area contributed by atoms with E-state index in [9.17, 15) is 14.4 Å². The number of carbonyl (C=O) groups is 3. The number of amides is 1. The van der Waals surface area contributed by atoms with Crippen LogP contribution in [0.25, 0.3) is 0 Å². The third kappa shape index (κ3) is 4.23. The molecule has 2 heterocycles. The molecule has 0 radical (unpaired) electrons. The molecule has 2 aromatic rings. The van der Waals surface area contributed by atoms with Crippen molar-refractivity contribution in [3.8, 4) is 0 Å². The minimum atomic E-state index is -1.18. The Morgan fingerprint density at radius 1 is 0.861 bits per heavy atom. The van der Waals surface area contributed by atoms with Gasteiger partial charge in [0.05, 0.1) is 26.3 Å². The van der Waals surface area contributed by atoms with Crippen LogP contribution in [0.3, 0.4) is 0 Å². The third-order valence-corrected chi connectivity index (χ3v) is 6.86. The lowest BCUT2D eigenvalue weighted by atomic mass is 9.86. The van der Waals surface area contributed by atoms with Gasteiger partial charge in [-0.3, -0.25) is 19.5 Å². The first-order valence-corrected chi connectivity index (χ1v) is 11.8. The van der Waals surface area contributed by atoms with Crippen molar-refractivity contribution in [2.75, 3.05) is 27.3 Å². The number of benzene rings is 2. The Bertz CT molecular complexity index is 1110. The first-order chi connectivity index (χ1) is 17.5. The number of methoxy groups -OCH3 is 2. The number of rotatable bonds is 9. The van der Waals surface area contributed by atoms with Gasteiger partial charge in [0.2, 0.25) is 0 Å². The zero-order chi connectivity index (χ0) is 25.8. The van der Waals surface area contributed by atoms with Gasteiger partial charge in [-0.15, -0.1) is 13.2 Å².